The first-order valence-corrected chi connectivity index (χ1v) is 6.67. The van der Waals surface area contributed by atoms with Crippen LogP contribution in [0.15, 0.2) is 12.4 Å². The lowest BCUT2D eigenvalue weighted by Crippen LogP contribution is -2.36. The molecule has 1 aliphatic rings. The van der Waals surface area contributed by atoms with Gasteiger partial charge in [0.1, 0.15) is 0 Å². The van der Waals surface area contributed by atoms with Gasteiger partial charge >= 0.3 is 0 Å². The Balaban J connectivity index is 2.22. The van der Waals surface area contributed by atoms with E-state index in [0.717, 1.165) is 12.4 Å². The smallest absolute Gasteiger partial charge is 0.171 e. The van der Waals surface area contributed by atoms with Crippen LogP contribution in [0, 0.1) is 0 Å². The Labute approximate surface area is 99.2 Å². The zero-order valence-electron chi connectivity index (χ0n) is 8.69. The lowest BCUT2D eigenvalue weighted by Gasteiger charge is -2.28. The molecule has 1 aromatic rings. The van der Waals surface area contributed by atoms with E-state index in [9.17, 15) is 0 Å². The highest BCUT2D eigenvalue weighted by molar-refractivity contribution is 7.99. The normalized spacial score (nSPS) is 20.5. The first-order chi connectivity index (χ1) is 7.33. The molecule has 0 N–H and O–H groups in total. The van der Waals surface area contributed by atoms with Gasteiger partial charge in [-0.15, -0.1) is 0 Å². The molecule has 1 unspecified atom stereocenters. The Hall–Kier alpha value is -0.480. The van der Waals surface area contributed by atoms with Crippen LogP contribution in [0.2, 0.25) is 5.15 Å². The standard InChI is InChI=1S/C10H14ClN3S/c1-2-14(8-3-6-15-7-8)10-9(11)12-4-5-13-10/h4-5,8H,2-3,6-7H2,1H3. The summed E-state index contributed by atoms with van der Waals surface area (Å²) in [4.78, 5) is 10.6. The fourth-order valence-corrected chi connectivity index (χ4v) is 3.29. The largest absolute Gasteiger partial charge is 0.350 e. The maximum atomic E-state index is 6.05. The van der Waals surface area contributed by atoms with Gasteiger partial charge in [0.25, 0.3) is 0 Å². The van der Waals surface area contributed by atoms with Gasteiger partial charge in [-0.1, -0.05) is 11.6 Å². The molecular formula is C10H14ClN3S. The van der Waals surface area contributed by atoms with Gasteiger partial charge in [-0.05, 0) is 19.1 Å². The summed E-state index contributed by atoms with van der Waals surface area (Å²) in [5.74, 6) is 3.23. The van der Waals surface area contributed by atoms with E-state index in [-0.39, 0.29) is 0 Å². The van der Waals surface area contributed by atoms with Crippen LogP contribution in [0.3, 0.4) is 0 Å². The minimum atomic E-state index is 0.510. The zero-order chi connectivity index (χ0) is 10.7. The highest BCUT2D eigenvalue weighted by atomic mass is 35.5. The minimum Gasteiger partial charge on any atom is -0.350 e. The summed E-state index contributed by atoms with van der Waals surface area (Å²) >= 11 is 8.05. The van der Waals surface area contributed by atoms with Gasteiger partial charge in [0.15, 0.2) is 11.0 Å². The topological polar surface area (TPSA) is 29.0 Å². The highest BCUT2D eigenvalue weighted by Crippen LogP contribution is 2.28. The molecule has 0 aliphatic carbocycles. The van der Waals surface area contributed by atoms with Crippen molar-refractivity contribution in [1.29, 1.82) is 0 Å². The molecule has 15 heavy (non-hydrogen) atoms. The van der Waals surface area contributed by atoms with Crippen molar-refractivity contribution in [2.45, 2.75) is 19.4 Å². The molecule has 82 valence electrons. The number of nitrogens with zero attached hydrogens (tertiary/aromatic N) is 3. The summed E-state index contributed by atoms with van der Waals surface area (Å²) in [6, 6.07) is 0.564. The van der Waals surface area contributed by atoms with E-state index in [0.29, 0.717) is 11.2 Å². The van der Waals surface area contributed by atoms with Crippen LogP contribution >= 0.6 is 23.4 Å². The maximum Gasteiger partial charge on any atom is 0.171 e. The Morgan fingerprint density at radius 1 is 1.53 bits per heavy atom. The van der Waals surface area contributed by atoms with Crippen molar-refractivity contribution in [3.8, 4) is 0 Å². The molecule has 1 saturated heterocycles. The number of thioether (sulfide) groups is 1. The van der Waals surface area contributed by atoms with Crippen LogP contribution in [-0.2, 0) is 0 Å². The van der Waals surface area contributed by atoms with Crippen molar-refractivity contribution in [1.82, 2.24) is 9.97 Å². The molecule has 0 aromatic carbocycles. The van der Waals surface area contributed by atoms with Crippen LogP contribution in [0.4, 0.5) is 5.82 Å². The van der Waals surface area contributed by atoms with Crippen LogP contribution in [0.5, 0.6) is 0 Å². The summed E-state index contributed by atoms with van der Waals surface area (Å²) in [6.07, 6.45) is 4.54. The molecule has 2 rings (SSSR count). The van der Waals surface area contributed by atoms with Crippen molar-refractivity contribution in [2.75, 3.05) is 23.0 Å². The quantitative estimate of drug-likeness (QED) is 0.816. The summed E-state index contributed by atoms with van der Waals surface area (Å²) < 4.78 is 0. The average Bonchev–Trinajstić information content (AvgIpc) is 2.75. The zero-order valence-corrected chi connectivity index (χ0v) is 10.3. The molecule has 1 atom stereocenters. The molecule has 1 aromatic heterocycles. The van der Waals surface area contributed by atoms with Crippen molar-refractivity contribution < 1.29 is 0 Å². The summed E-state index contributed by atoms with van der Waals surface area (Å²) in [7, 11) is 0. The van der Waals surface area contributed by atoms with Gasteiger partial charge in [-0.2, -0.15) is 11.8 Å². The lowest BCUT2D eigenvalue weighted by atomic mass is 10.2. The SMILES string of the molecule is CCN(c1nccnc1Cl)C1CCSC1. The molecule has 5 heteroatoms. The lowest BCUT2D eigenvalue weighted by molar-refractivity contribution is 0.651. The number of hydrogen-bond donors (Lipinski definition) is 0. The third kappa shape index (κ3) is 2.37. The minimum absolute atomic E-state index is 0.510. The van der Waals surface area contributed by atoms with E-state index in [2.05, 4.69) is 21.8 Å². The summed E-state index contributed by atoms with van der Waals surface area (Å²) in [5, 5.41) is 0.510. The highest BCUT2D eigenvalue weighted by Gasteiger charge is 2.24. The third-order valence-corrected chi connectivity index (χ3v) is 4.01. The number of anilines is 1. The van der Waals surface area contributed by atoms with Crippen LogP contribution in [0.25, 0.3) is 0 Å². The van der Waals surface area contributed by atoms with Crippen molar-refractivity contribution in [2.24, 2.45) is 0 Å². The van der Waals surface area contributed by atoms with Crippen LogP contribution in [-0.4, -0.2) is 34.1 Å². The molecule has 2 heterocycles. The first-order valence-electron chi connectivity index (χ1n) is 5.13. The van der Waals surface area contributed by atoms with E-state index in [1.54, 1.807) is 12.4 Å². The molecule has 0 radical (unpaired) electrons. The molecule has 0 amide bonds. The maximum absolute atomic E-state index is 6.05. The van der Waals surface area contributed by atoms with E-state index in [1.807, 2.05) is 11.8 Å². The second-order valence-electron chi connectivity index (χ2n) is 3.47. The molecular weight excluding hydrogens is 230 g/mol. The molecule has 0 bridgehead atoms. The summed E-state index contributed by atoms with van der Waals surface area (Å²) in [6.45, 7) is 3.07. The fourth-order valence-electron chi connectivity index (χ4n) is 1.86. The van der Waals surface area contributed by atoms with E-state index < -0.39 is 0 Å². The molecule has 1 fully saturated rings. The molecule has 0 spiro atoms. The van der Waals surface area contributed by atoms with Gasteiger partial charge in [0.05, 0.1) is 0 Å². The van der Waals surface area contributed by atoms with E-state index in [1.165, 1.54) is 17.9 Å². The average molecular weight is 244 g/mol. The van der Waals surface area contributed by atoms with Gasteiger partial charge < -0.3 is 4.90 Å². The number of hydrogen-bond acceptors (Lipinski definition) is 4. The predicted molar refractivity (Wildman–Crippen MR) is 65.8 cm³/mol. The molecule has 3 nitrogen and oxygen atoms in total. The third-order valence-electron chi connectivity index (χ3n) is 2.60. The molecule has 0 saturated carbocycles. The van der Waals surface area contributed by atoms with Gasteiger partial charge in [-0.3, -0.25) is 0 Å². The van der Waals surface area contributed by atoms with Gasteiger partial charge in [0, 0.05) is 30.7 Å². The van der Waals surface area contributed by atoms with Crippen molar-refractivity contribution >= 4 is 29.2 Å². The predicted octanol–water partition coefficient (Wildman–Crippen LogP) is 2.46. The van der Waals surface area contributed by atoms with E-state index >= 15 is 0 Å². The van der Waals surface area contributed by atoms with Gasteiger partial charge in [0.2, 0.25) is 0 Å². The number of aromatic nitrogens is 2. The Morgan fingerprint density at radius 3 is 2.93 bits per heavy atom. The van der Waals surface area contributed by atoms with Crippen molar-refractivity contribution in [3.63, 3.8) is 0 Å². The van der Waals surface area contributed by atoms with E-state index in [4.69, 9.17) is 11.6 Å². The summed E-state index contributed by atoms with van der Waals surface area (Å²) in [5.41, 5.74) is 0. The van der Waals surface area contributed by atoms with Gasteiger partial charge in [-0.25, -0.2) is 9.97 Å². The van der Waals surface area contributed by atoms with Crippen LogP contribution < -0.4 is 4.90 Å². The number of rotatable bonds is 3. The first kappa shape index (κ1) is 11.0. The Kier molecular flexibility index (Phi) is 3.70. The van der Waals surface area contributed by atoms with Crippen LogP contribution in [0.1, 0.15) is 13.3 Å². The Morgan fingerprint density at radius 2 is 2.33 bits per heavy atom. The second-order valence-corrected chi connectivity index (χ2v) is 4.98. The number of halogens is 1. The monoisotopic (exact) mass is 243 g/mol. The molecule has 1 aliphatic heterocycles. The van der Waals surface area contributed by atoms with Crippen molar-refractivity contribution in [3.05, 3.63) is 17.5 Å². The second kappa shape index (κ2) is 5.03. The fraction of sp³-hybridized carbons (Fsp3) is 0.600. The Bertz CT molecular complexity index is 328.